The van der Waals surface area contributed by atoms with Crippen molar-refractivity contribution in [2.45, 2.75) is 24.9 Å². The minimum Gasteiger partial charge on any atom is -0.218 e. The van der Waals surface area contributed by atoms with E-state index in [0.717, 1.165) is 6.92 Å². The molecular formula is C11H3F10N. The van der Waals surface area contributed by atoms with Crippen LogP contribution < -0.4 is 0 Å². The maximum Gasteiger partial charge on any atom is 0.436 e. The zero-order valence-corrected chi connectivity index (χ0v) is 10.2. The van der Waals surface area contributed by atoms with Crippen molar-refractivity contribution in [3.05, 3.63) is 28.8 Å². The van der Waals surface area contributed by atoms with Gasteiger partial charge in [-0.2, -0.15) is 30.7 Å². The van der Waals surface area contributed by atoms with Gasteiger partial charge in [0.15, 0.2) is 17.3 Å². The Kier molecular flexibility index (Phi) is 4.38. The molecule has 1 rings (SSSR count). The Balaban J connectivity index is 3.96. The molecule has 0 unspecified atom stereocenters. The van der Waals surface area contributed by atoms with Gasteiger partial charge in [-0.3, -0.25) is 0 Å². The largest absolute Gasteiger partial charge is 0.436 e. The van der Waals surface area contributed by atoms with Gasteiger partial charge in [-0.25, -0.2) is 18.2 Å². The molecule has 0 N–H and O–H groups in total. The number of hydrogen-bond donors (Lipinski definition) is 0. The zero-order valence-electron chi connectivity index (χ0n) is 10.2. The third-order valence-electron chi connectivity index (χ3n) is 2.41. The predicted octanol–water partition coefficient (Wildman–Crippen LogP) is 4.16. The second kappa shape index (κ2) is 5.33. The van der Waals surface area contributed by atoms with Crippen LogP contribution in [0.2, 0.25) is 0 Å². The molecule has 0 aliphatic rings. The number of alkyl halides is 7. The van der Waals surface area contributed by atoms with Crippen molar-refractivity contribution in [2.24, 2.45) is 0 Å². The minimum atomic E-state index is -6.81. The normalized spacial score (nSPS) is 12.9. The van der Waals surface area contributed by atoms with E-state index in [-0.39, 0.29) is 0 Å². The molecule has 11 heteroatoms. The predicted molar refractivity (Wildman–Crippen MR) is 51.6 cm³/mol. The Morgan fingerprint density at radius 1 is 0.818 bits per heavy atom. The molecule has 1 nitrogen and oxygen atoms in total. The summed E-state index contributed by atoms with van der Waals surface area (Å²) in [4.78, 5) is 2.41. The van der Waals surface area contributed by atoms with Crippen LogP contribution in [0.3, 0.4) is 0 Å². The molecule has 122 valence electrons. The van der Waals surface area contributed by atoms with Crippen molar-refractivity contribution in [1.82, 2.24) is 4.98 Å². The molecule has 0 amide bonds. The van der Waals surface area contributed by atoms with E-state index < -0.39 is 46.9 Å². The topological polar surface area (TPSA) is 12.9 Å². The van der Waals surface area contributed by atoms with E-state index >= 15 is 0 Å². The molecule has 0 saturated carbocycles. The highest BCUT2D eigenvalue weighted by Gasteiger charge is 2.75. The van der Waals surface area contributed by atoms with E-state index in [4.69, 9.17) is 0 Å². The summed E-state index contributed by atoms with van der Waals surface area (Å²) in [5, 5.41) is 0. The minimum absolute atomic E-state index is 0.957. The summed E-state index contributed by atoms with van der Waals surface area (Å²) in [7, 11) is 0. The lowest BCUT2D eigenvalue weighted by Gasteiger charge is -2.30. The number of halogens is 10. The van der Waals surface area contributed by atoms with E-state index in [2.05, 4.69) is 4.98 Å². The van der Waals surface area contributed by atoms with E-state index in [1.54, 1.807) is 5.92 Å². The number of aromatic nitrogens is 1. The Bertz CT molecular complexity index is 632. The maximum absolute atomic E-state index is 13.7. The van der Waals surface area contributed by atoms with Crippen molar-refractivity contribution in [2.75, 3.05) is 0 Å². The summed E-state index contributed by atoms with van der Waals surface area (Å²) >= 11 is 0. The van der Waals surface area contributed by atoms with Gasteiger partial charge in [-0.15, -0.1) is 0 Å². The van der Waals surface area contributed by atoms with Gasteiger partial charge in [0.1, 0.15) is 0 Å². The average molecular weight is 339 g/mol. The van der Waals surface area contributed by atoms with Gasteiger partial charge in [0.2, 0.25) is 0 Å². The highest BCUT2D eigenvalue weighted by molar-refractivity contribution is 5.38. The van der Waals surface area contributed by atoms with Crippen LogP contribution in [0.25, 0.3) is 0 Å². The molecule has 0 spiro atoms. The molecule has 0 aliphatic heterocycles. The van der Waals surface area contributed by atoms with Crippen molar-refractivity contribution < 1.29 is 43.9 Å². The van der Waals surface area contributed by atoms with Gasteiger partial charge in [-0.1, -0.05) is 5.92 Å². The van der Waals surface area contributed by atoms with Crippen LogP contribution in [0, 0.1) is 29.4 Å². The molecule has 0 bridgehead atoms. The molecule has 0 fully saturated rings. The Morgan fingerprint density at radius 3 is 1.64 bits per heavy atom. The Labute approximate surface area is 115 Å². The Morgan fingerprint density at radius 2 is 1.27 bits per heavy atom. The van der Waals surface area contributed by atoms with Crippen molar-refractivity contribution in [1.29, 1.82) is 0 Å². The quantitative estimate of drug-likeness (QED) is 0.425. The third kappa shape index (κ3) is 2.57. The van der Waals surface area contributed by atoms with Crippen LogP contribution in [-0.4, -0.2) is 17.3 Å². The van der Waals surface area contributed by atoms with Gasteiger partial charge < -0.3 is 0 Å². The smallest absolute Gasteiger partial charge is 0.218 e. The van der Waals surface area contributed by atoms with E-state index in [0.29, 0.717) is 0 Å². The van der Waals surface area contributed by atoms with Gasteiger partial charge in [0.25, 0.3) is 5.95 Å². The van der Waals surface area contributed by atoms with E-state index in [1.807, 2.05) is 0 Å². The fourth-order valence-corrected chi connectivity index (χ4v) is 1.46. The number of hydrogen-bond acceptors (Lipinski definition) is 1. The van der Waals surface area contributed by atoms with Crippen molar-refractivity contribution >= 4 is 0 Å². The van der Waals surface area contributed by atoms with Crippen LogP contribution in [0.1, 0.15) is 18.2 Å². The summed E-state index contributed by atoms with van der Waals surface area (Å²) in [5.41, 5.74) is -11.3. The summed E-state index contributed by atoms with van der Waals surface area (Å²) in [6, 6.07) is 0. The lowest BCUT2D eigenvalue weighted by Crippen LogP contribution is -2.51. The van der Waals surface area contributed by atoms with Gasteiger partial charge >= 0.3 is 18.0 Å². The SMILES string of the molecule is CC#Cc1nc(F)c(F)c(C(F)(C(F)(F)F)C(F)(F)F)c1F. The van der Waals surface area contributed by atoms with Crippen molar-refractivity contribution in [3.63, 3.8) is 0 Å². The lowest BCUT2D eigenvalue weighted by molar-refractivity contribution is -0.350. The second-order valence-electron chi connectivity index (χ2n) is 3.78. The zero-order chi connectivity index (χ0) is 17.5. The summed E-state index contributed by atoms with van der Waals surface area (Å²) in [5.74, 6) is -4.97. The van der Waals surface area contributed by atoms with Crippen LogP contribution in [0.4, 0.5) is 43.9 Å². The van der Waals surface area contributed by atoms with E-state index in [1.165, 1.54) is 5.92 Å². The standard InChI is InChI=1S/C11H3F10N/c1-2-3-4-6(12)5(7(13)8(14)22-4)9(15,10(16,17)18)11(19,20)21/h1H3. The molecule has 1 aromatic rings. The van der Waals surface area contributed by atoms with E-state index in [9.17, 15) is 43.9 Å². The second-order valence-corrected chi connectivity index (χ2v) is 3.78. The molecule has 0 aromatic carbocycles. The number of pyridine rings is 1. The fourth-order valence-electron chi connectivity index (χ4n) is 1.46. The first-order chi connectivity index (χ1) is 9.79. The average Bonchev–Trinajstić information content (AvgIpc) is 2.33. The van der Waals surface area contributed by atoms with Gasteiger partial charge in [-0.05, 0) is 12.8 Å². The first-order valence-corrected chi connectivity index (χ1v) is 5.09. The summed E-state index contributed by atoms with van der Waals surface area (Å²) in [6.45, 7) is 0.957. The van der Waals surface area contributed by atoms with Crippen LogP contribution >= 0.6 is 0 Å². The molecule has 1 aromatic heterocycles. The van der Waals surface area contributed by atoms with Gasteiger partial charge in [0.05, 0.1) is 5.56 Å². The van der Waals surface area contributed by atoms with Crippen molar-refractivity contribution in [3.8, 4) is 11.8 Å². The summed E-state index contributed by atoms with van der Waals surface area (Å²) < 4.78 is 129. The van der Waals surface area contributed by atoms with Crippen LogP contribution in [0.5, 0.6) is 0 Å². The number of nitrogens with zero attached hydrogens (tertiary/aromatic N) is 1. The fraction of sp³-hybridized carbons (Fsp3) is 0.364. The molecular weight excluding hydrogens is 336 g/mol. The lowest BCUT2D eigenvalue weighted by atomic mass is 9.93. The monoisotopic (exact) mass is 339 g/mol. The molecule has 0 aliphatic carbocycles. The van der Waals surface area contributed by atoms with Crippen LogP contribution in [-0.2, 0) is 5.67 Å². The van der Waals surface area contributed by atoms with Crippen LogP contribution in [0.15, 0.2) is 0 Å². The highest BCUT2D eigenvalue weighted by Crippen LogP contribution is 2.54. The first kappa shape index (κ1) is 18.1. The number of rotatable bonds is 1. The summed E-state index contributed by atoms with van der Waals surface area (Å²) in [6.07, 6.45) is -13.6. The molecule has 0 atom stereocenters. The third-order valence-corrected chi connectivity index (χ3v) is 2.41. The highest BCUT2D eigenvalue weighted by atomic mass is 19.4. The van der Waals surface area contributed by atoms with Gasteiger partial charge in [0, 0.05) is 0 Å². The molecule has 0 radical (unpaired) electrons. The molecule has 0 saturated heterocycles. The maximum atomic E-state index is 13.7. The first-order valence-electron chi connectivity index (χ1n) is 5.09. The molecule has 1 heterocycles. The molecule has 22 heavy (non-hydrogen) atoms. The Hall–Kier alpha value is -1.99.